The van der Waals surface area contributed by atoms with Crippen molar-refractivity contribution in [1.29, 1.82) is 0 Å². The molecule has 0 amide bonds. The van der Waals surface area contributed by atoms with E-state index >= 15 is 0 Å². The fraction of sp³-hybridized carbons (Fsp3) is 0.812. The van der Waals surface area contributed by atoms with Gasteiger partial charge in [0.05, 0.1) is 12.7 Å². The van der Waals surface area contributed by atoms with Crippen LogP contribution >= 0.6 is 0 Å². The van der Waals surface area contributed by atoms with Crippen LogP contribution in [0, 0.1) is 0 Å². The van der Waals surface area contributed by atoms with E-state index < -0.39 is 0 Å². The van der Waals surface area contributed by atoms with Crippen LogP contribution in [-0.4, -0.2) is 35.6 Å². The average molecular weight is 279 g/mol. The van der Waals surface area contributed by atoms with E-state index in [0.29, 0.717) is 6.04 Å². The highest BCUT2D eigenvalue weighted by Crippen LogP contribution is 2.23. The lowest BCUT2D eigenvalue weighted by Gasteiger charge is -2.23. The van der Waals surface area contributed by atoms with Crippen molar-refractivity contribution in [3.8, 4) is 0 Å². The maximum absolute atomic E-state index is 5.92. The Labute approximate surface area is 122 Å². The van der Waals surface area contributed by atoms with E-state index in [0.717, 1.165) is 37.8 Å². The van der Waals surface area contributed by atoms with Crippen LogP contribution in [0.5, 0.6) is 0 Å². The molecule has 0 aliphatic carbocycles. The molecule has 1 aliphatic heterocycles. The minimum atomic E-state index is 0.0356. The first-order valence-electron chi connectivity index (χ1n) is 7.90. The van der Waals surface area contributed by atoms with Crippen molar-refractivity contribution < 1.29 is 4.42 Å². The molecule has 1 aliphatic rings. The van der Waals surface area contributed by atoms with Crippen LogP contribution in [0.15, 0.2) is 10.6 Å². The number of oxazole rings is 1. The number of aromatic nitrogens is 1. The Morgan fingerprint density at radius 3 is 2.80 bits per heavy atom. The van der Waals surface area contributed by atoms with Gasteiger partial charge in [0.25, 0.3) is 0 Å². The zero-order valence-electron chi connectivity index (χ0n) is 13.4. The highest BCUT2D eigenvalue weighted by molar-refractivity contribution is 5.06. The zero-order chi connectivity index (χ0) is 14.6. The van der Waals surface area contributed by atoms with E-state index in [1.54, 1.807) is 0 Å². The maximum Gasteiger partial charge on any atom is 0.208 e. The van der Waals surface area contributed by atoms with E-state index in [1.807, 2.05) is 6.20 Å². The fourth-order valence-electron chi connectivity index (χ4n) is 2.70. The Bertz CT molecular complexity index is 402. The van der Waals surface area contributed by atoms with E-state index in [-0.39, 0.29) is 5.41 Å². The summed E-state index contributed by atoms with van der Waals surface area (Å²) >= 11 is 0. The predicted molar refractivity (Wildman–Crippen MR) is 81.8 cm³/mol. The summed E-state index contributed by atoms with van der Waals surface area (Å²) in [6.07, 6.45) is 5.64. The molecule has 1 aromatic rings. The summed E-state index contributed by atoms with van der Waals surface area (Å²) in [6.45, 7) is 12.9. The number of rotatable bonds is 6. The van der Waals surface area contributed by atoms with Gasteiger partial charge in [-0.2, -0.15) is 0 Å². The normalized spacial score (nSPS) is 19.9. The molecule has 4 heteroatoms. The molecule has 1 fully saturated rings. The standard InChI is InChI=1S/C16H29N3O/c1-5-9-19(11-13-7-6-8-17-13)12-15-18-10-14(20-15)16(2,3)4/h10,13,17H,5-9,11-12H2,1-4H3. The number of nitrogens with zero attached hydrogens (tertiary/aromatic N) is 2. The van der Waals surface area contributed by atoms with Gasteiger partial charge in [0.2, 0.25) is 5.89 Å². The minimum absolute atomic E-state index is 0.0356. The van der Waals surface area contributed by atoms with Gasteiger partial charge in [-0.3, -0.25) is 4.90 Å². The third-order valence-electron chi connectivity index (χ3n) is 3.83. The Morgan fingerprint density at radius 1 is 1.45 bits per heavy atom. The minimum Gasteiger partial charge on any atom is -0.444 e. The number of nitrogens with one attached hydrogen (secondary N) is 1. The topological polar surface area (TPSA) is 41.3 Å². The van der Waals surface area contributed by atoms with Gasteiger partial charge in [0.1, 0.15) is 5.76 Å². The fourth-order valence-corrected chi connectivity index (χ4v) is 2.70. The van der Waals surface area contributed by atoms with Gasteiger partial charge in [-0.25, -0.2) is 4.98 Å². The van der Waals surface area contributed by atoms with Crippen LogP contribution in [-0.2, 0) is 12.0 Å². The number of hydrogen-bond acceptors (Lipinski definition) is 4. The molecule has 2 heterocycles. The molecule has 0 bridgehead atoms. The molecule has 1 N–H and O–H groups in total. The monoisotopic (exact) mass is 279 g/mol. The quantitative estimate of drug-likeness (QED) is 0.869. The van der Waals surface area contributed by atoms with Crippen molar-refractivity contribution in [2.75, 3.05) is 19.6 Å². The molecule has 20 heavy (non-hydrogen) atoms. The smallest absolute Gasteiger partial charge is 0.208 e. The lowest BCUT2D eigenvalue weighted by atomic mass is 9.94. The third kappa shape index (κ3) is 4.32. The average Bonchev–Trinajstić information content (AvgIpc) is 2.99. The molecule has 4 nitrogen and oxygen atoms in total. The van der Waals surface area contributed by atoms with Gasteiger partial charge in [-0.1, -0.05) is 27.7 Å². The first-order chi connectivity index (χ1) is 9.49. The van der Waals surface area contributed by atoms with Gasteiger partial charge in [0, 0.05) is 18.0 Å². The Balaban J connectivity index is 1.94. The van der Waals surface area contributed by atoms with Crippen molar-refractivity contribution >= 4 is 0 Å². The van der Waals surface area contributed by atoms with E-state index in [2.05, 4.69) is 42.9 Å². The summed E-state index contributed by atoms with van der Waals surface area (Å²) in [5.74, 6) is 1.82. The molecule has 114 valence electrons. The van der Waals surface area contributed by atoms with Crippen LogP contribution in [0.2, 0.25) is 0 Å². The van der Waals surface area contributed by atoms with Crippen molar-refractivity contribution in [3.05, 3.63) is 17.8 Å². The van der Waals surface area contributed by atoms with Gasteiger partial charge in [0.15, 0.2) is 0 Å². The van der Waals surface area contributed by atoms with E-state index in [4.69, 9.17) is 4.42 Å². The second-order valence-electron chi connectivity index (χ2n) is 6.90. The van der Waals surface area contributed by atoms with E-state index in [9.17, 15) is 0 Å². The summed E-state index contributed by atoms with van der Waals surface area (Å²) in [6, 6.07) is 0.638. The molecule has 1 aromatic heterocycles. The van der Waals surface area contributed by atoms with Crippen LogP contribution in [0.25, 0.3) is 0 Å². The SMILES string of the molecule is CCCN(Cc1ncc(C(C)(C)C)o1)CC1CCCN1. The van der Waals surface area contributed by atoms with Gasteiger partial charge in [-0.05, 0) is 32.4 Å². The second-order valence-corrected chi connectivity index (χ2v) is 6.90. The molecular weight excluding hydrogens is 250 g/mol. The van der Waals surface area contributed by atoms with Gasteiger partial charge in [-0.15, -0.1) is 0 Å². The molecule has 2 rings (SSSR count). The van der Waals surface area contributed by atoms with Crippen molar-refractivity contribution in [1.82, 2.24) is 15.2 Å². The summed E-state index contributed by atoms with van der Waals surface area (Å²) in [5.41, 5.74) is 0.0356. The first kappa shape index (κ1) is 15.5. The molecule has 1 atom stereocenters. The predicted octanol–water partition coefficient (Wildman–Crippen LogP) is 2.94. The van der Waals surface area contributed by atoms with Gasteiger partial charge < -0.3 is 9.73 Å². The highest BCUT2D eigenvalue weighted by Gasteiger charge is 2.22. The molecule has 1 saturated heterocycles. The lowest BCUT2D eigenvalue weighted by Crippen LogP contribution is -2.37. The summed E-state index contributed by atoms with van der Waals surface area (Å²) < 4.78 is 5.92. The Morgan fingerprint density at radius 2 is 2.25 bits per heavy atom. The highest BCUT2D eigenvalue weighted by atomic mass is 16.4. The first-order valence-corrected chi connectivity index (χ1v) is 7.90. The lowest BCUT2D eigenvalue weighted by molar-refractivity contribution is 0.215. The van der Waals surface area contributed by atoms with Crippen molar-refractivity contribution in [2.45, 2.75) is 65.0 Å². The van der Waals surface area contributed by atoms with Crippen LogP contribution in [0.3, 0.4) is 0 Å². The van der Waals surface area contributed by atoms with Crippen LogP contribution in [0.4, 0.5) is 0 Å². The molecule has 0 radical (unpaired) electrons. The largest absolute Gasteiger partial charge is 0.444 e. The summed E-state index contributed by atoms with van der Waals surface area (Å²) in [4.78, 5) is 6.91. The summed E-state index contributed by atoms with van der Waals surface area (Å²) in [5, 5.41) is 3.57. The second kappa shape index (κ2) is 6.72. The van der Waals surface area contributed by atoms with Crippen LogP contribution in [0.1, 0.15) is 58.6 Å². The molecule has 0 saturated carbocycles. The molecule has 1 unspecified atom stereocenters. The molecule has 0 aromatic carbocycles. The Hall–Kier alpha value is -0.870. The zero-order valence-corrected chi connectivity index (χ0v) is 13.4. The van der Waals surface area contributed by atoms with E-state index in [1.165, 1.54) is 19.3 Å². The third-order valence-corrected chi connectivity index (χ3v) is 3.83. The molecule has 0 spiro atoms. The maximum atomic E-state index is 5.92. The Kier molecular flexibility index (Phi) is 5.22. The van der Waals surface area contributed by atoms with Gasteiger partial charge >= 0.3 is 0 Å². The molecular formula is C16H29N3O. The number of hydrogen-bond donors (Lipinski definition) is 1. The van der Waals surface area contributed by atoms with Crippen LogP contribution < -0.4 is 5.32 Å². The van der Waals surface area contributed by atoms with Crippen molar-refractivity contribution in [3.63, 3.8) is 0 Å². The summed E-state index contributed by atoms with van der Waals surface area (Å²) in [7, 11) is 0. The van der Waals surface area contributed by atoms with Crippen molar-refractivity contribution in [2.24, 2.45) is 0 Å².